The number of rotatable bonds is 8. The van der Waals surface area contributed by atoms with E-state index in [4.69, 9.17) is 9.88 Å². The lowest BCUT2D eigenvalue weighted by Gasteiger charge is -2.24. The lowest BCUT2D eigenvalue weighted by atomic mass is 10.1. The minimum Gasteiger partial charge on any atom is -0.478 e. The number of anilines is 1. The number of benzene rings is 1. The van der Waals surface area contributed by atoms with Crippen molar-refractivity contribution < 1.29 is 23.1 Å². The number of hydrogen-bond donors (Lipinski definition) is 2. The monoisotopic (exact) mass is 314 g/mol. The highest BCUT2D eigenvalue weighted by atomic mass is 32.2. The average Bonchev–Trinajstić information content (AvgIpc) is 2.41. The van der Waals surface area contributed by atoms with E-state index in [1.807, 2.05) is 0 Å². The van der Waals surface area contributed by atoms with Gasteiger partial charge in [0.15, 0.2) is 0 Å². The fourth-order valence-electron chi connectivity index (χ4n) is 1.81. The fraction of sp³-hybridized carbons (Fsp3) is 0.308. The van der Waals surface area contributed by atoms with E-state index >= 15 is 0 Å². The summed E-state index contributed by atoms with van der Waals surface area (Å²) in [6, 6.07) is 3.75. The van der Waals surface area contributed by atoms with Gasteiger partial charge in [0.05, 0.1) is 22.8 Å². The number of carboxylic acids is 1. The van der Waals surface area contributed by atoms with Gasteiger partial charge in [0, 0.05) is 20.2 Å². The van der Waals surface area contributed by atoms with Crippen LogP contribution in [0.1, 0.15) is 10.4 Å². The Labute approximate surface area is 123 Å². The minimum atomic E-state index is -3.96. The van der Waals surface area contributed by atoms with Gasteiger partial charge in [0.2, 0.25) is 10.0 Å². The van der Waals surface area contributed by atoms with Crippen LogP contribution in [0.25, 0.3) is 0 Å². The van der Waals surface area contributed by atoms with Gasteiger partial charge in [0.1, 0.15) is 0 Å². The zero-order valence-electron chi connectivity index (χ0n) is 11.7. The molecule has 0 amide bonds. The Bertz CT molecular complexity index is 627. The van der Waals surface area contributed by atoms with Crippen molar-refractivity contribution in [1.82, 2.24) is 0 Å². The molecule has 0 aliphatic carbocycles. The van der Waals surface area contributed by atoms with E-state index in [0.717, 1.165) is 6.07 Å². The molecule has 3 N–H and O–H groups in total. The third kappa shape index (κ3) is 4.55. The van der Waals surface area contributed by atoms with Crippen molar-refractivity contribution in [2.75, 3.05) is 31.7 Å². The summed E-state index contributed by atoms with van der Waals surface area (Å²) in [5.41, 5.74) is 0.242. The average molecular weight is 314 g/mol. The van der Waals surface area contributed by atoms with Crippen LogP contribution in [0, 0.1) is 0 Å². The van der Waals surface area contributed by atoms with E-state index in [1.165, 1.54) is 19.2 Å². The first-order valence-corrected chi connectivity index (χ1v) is 7.60. The standard InChI is InChI=1S/C13H18N2O5S/c1-3-6-15(7-8-20-2)12-5-4-10(21(14,18)19)9-11(12)13(16)17/h3-5,9H,1,6-8H2,2H3,(H,16,17)(H2,14,18,19). The van der Waals surface area contributed by atoms with Crippen LogP contribution in [0.3, 0.4) is 0 Å². The molecule has 0 bridgehead atoms. The number of nitrogens with zero attached hydrogens (tertiary/aromatic N) is 1. The maximum atomic E-state index is 11.4. The molecule has 0 aromatic heterocycles. The van der Waals surface area contributed by atoms with E-state index in [0.29, 0.717) is 25.4 Å². The molecule has 116 valence electrons. The van der Waals surface area contributed by atoms with Crippen LogP contribution in [-0.2, 0) is 14.8 Å². The molecule has 0 aliphatic rings. The number of carbonyl (C=O) groups is 1. The summed E-state index contributed by atoms with van der Waals surface area (Å²) in [6.45, 7) is 4.86. The summed E-state index contributed by atoms with van der Waals surface area (Å²) >= 11 is 0. The molecule has 1 rings (SSSR count). The zero-order chi connectivity index (χ0) is 16.0. The van der Waals surface area contributed by atoms with Crippen molar-refractivity contribution in [3.63, 3.8) is 0 Å². The summed E-state index contributed by atoms with van der Waals surface area (Å²) in [5.74, 6) is -1.23. The number of carboxylic acid groups (broad SMARTS) is 1. The van der Waals surface area contributed by atoms with Crippen molar-refractivity contribution >= 4 is 21.7 Å². The maximum Gasteiger partial charge on any atom is 0.337 e. The van der Waals surface area contributed by atoms with E-state index < -0.39 is 16.0 Å². The number of sulfonamides is 1. The van der Waals surface area contributed by atoms with Crippen molar-refractivity contribution in [2.45, 2.75) is 4.90 Å². The van der Waals surface area contributed by atoms with Crippen LogP contribution in [0.2, 0.25) is 0 Å². The zero-order valence-corrected chi connectivity index (χ0v) is 12.5. The smallest absolute Gasteiger partial charge is 0.337 e. The molecule has 21 heavy (non-hydrogen) atoms. The van der Waals surface area contributed by atoms with Crippen molar-refractivity contribution in [1.29, 1.82) is 0 Å². The Kier molecular flexibility index (Phi) is 5.89. The van der Waals surface area contributed by atoms with Crippen molar-refractivity contribution in [3.05, 3.63) is 36.4 Å². The van der Waals surface area contributed by atoms with Gasteiger partial charge in [-0.2, -0.15) is 0 Å². The van der Waals surface area contributed by atoms with Gasteiger partial charge >= 0.3 is 5.97 Å². The van der Waals surface area contributed by atoms with Gasteiger partial charge in [0.25, 0.3) is 0 Å². The lowest BCUT2D eigenvalue weighted by molar-refractivity contribution is 0.0697. The largest absolute Gasteiger partial charge is 0.478 e. The quantitative estimate of drug-likeness (QED) is 0.682. The van der Waals surface area contributed by atoms with Gasteiger partial charge in [-0.1, -0.05) is 6.08 Å². The molecule has 0 radical (unpaired) electrons. The van der Waals surface area contributed by atoms with Crippen molar-refractivity contribution in [2.24, 2.45) is 5.14 Å². The number of primary sulfonamides is 1. The molecule has 1 aromatic carbocycles. The molecule has 0 atom stereocenters. The van der Waals surface area contributed by atoms with E-state index in [1.54, 1.807) is 11.0 Å². The second-order valence-electron chi connectivity index (χ2n) is 4.26. The van der Waals surface area contributed by atoms with Gasteiger partial charge < -0.3 is 14.7 Å². The van der Waals surface area contributed by atoms with Crippen LogP contribution in [0.5, 0.6) is 0 Å². The highest BCUT2D eigenvalue weighted by molar-refractivity contribution is 7.89. The van der Waals surface area contributed by atoms with Crippen LogP contribution in [0.4, 0.5) is 5.69 Å². The van der Waals surface area contributed by atoms with E-state index in [-0.39, 0.29) is 10.5 Å². The number of methoxy groups -OCH3 is 1. The molecule has 7 nitrogen and oxygen atoms in total. The first-order valence-electron chi connectivity index (χ1n) is 6.06. The Morgan fingerprint density at radius 3 is 2.67 bits per heavy atom. The SMILES string of the molecule is C=CCN(CCOC)c1ccc(S(N)(=O)=O)cc1C(=O)O. The topological polar surface area (TPSA) is 110 Å². The molecular weight excluding hydrogens is 296 g/mol. The molecule has 8 heteroatoms. The first-order chi connectivity index (χ1) is 9.81. The molecule has 0 heterocycles. The number of aromatic carboxylic acids is 1. The number of nitrogens with two attached hydrogens (primary N) is 1. The first kappa shape index (κ1) is 17.2. The van der Waals surface area contributed by atoms with E-state index in [2.05, 4.69) is 6.58 Å². The van der Waals surface area contributed by atoms with Crippen LogP contribution >= 0.6 is 0 Å². The predicted octanol–water partition coefficient (Wildman–Crippen LogP) is 0.671. The Morgan fingerprint density at radius 1 is 1.52 bits per heavy atom. The third-order valence-corrected chi connectivity index (χ3v) is 3.69. The molecule has 0 aliphatic heterocycles. The van der Waals surface area contributed by atoms with Gasteiger partial charge in [-0.15, -0.1) is 6.58 Å². The number of ether oxygens (including phenoxy) is 1. The molecular formula is C13H18N2O5S. The summed E-state index contributed by atoms with van der Waals surface area (Å²) < 4.78 is 27.6. The predicted molar refractivity (Wildman–Crippen MR) is 79.1 cm³/mol. The molecule has 1 aromatic rings. The third-order valence-electron chi connectivity index (χ3n) is 2.78. The second-order valence-corrected chi connectivity index (χ2v) is 5.82. The molecule has 0 saturated carbocycles. The maximum absolute atomic E-state index is 11.4. The van der Waals surface area contributed by atoms with Crippen molar-refractivity contribution in [3.8, 4) is 0 Å². The lowest BCUT2D eigenvalue weighted by Crippen LogP contribution is -2.29. The Balaban J connectivity index is 3.32. The summed E-state index contributed by atoms with van der Waals surface area (Å²) in [5, 5.41) is 14.3. The van der Waals surface area contributed by atoms with E-state index in [9.17, 15) is 18.3 Å². The summed E-state index contributed by atoms with van der Waals surface area (Å²) in [7, 11) is -2.42. The molecule has 0 unspecified atom stereocenters. The second kappa shape index (κ2) is 7.21. The normalized spacial score (nSPS) is 11.1. The fourth-order valence-corrected chi connectivity index (χ4v) is 2.35. The molecule has 0 spiro atoms. The van der Waals surface area contributed by atoms with Gasteiger partial charge in [-0.3, -0.25) is 0 Å². The molecule has 0 saturated heterocycles. The van der Waals surface area contributed by atoms with Crippen LogP contribution in [-0.4, -0.2) is 46.3 Å². The van der Waals surface area contributed by atoms with Gasteiger partial charge in [-0.05, 0) is 18.2 Å². The molecule has 0 fully saturated rings. The van der Waals surface area contributed by atoms with Crippen LogP contribution < -0.4 is 10.0 Å². The van der Waals surface area contributed by atoms with Gasteiger partial charge in [-0.25, -0.2) is 18.4 Å². The summed E-state index contributed by atoms with van der Waals surface area (Å²) in [6.07, 6.45) is 1.62. The number of hydrogen-bond acceptors (Lipinski definition) is 5. The Hall–Kier alpha value is -1.90. The Morgan fingerprint density at radius 2 is 2.19 bits per heavy atom. The minimum absolute atomic E-state index is 0.139. The van der Waals surface area contributed by atoms with Crippen LogP contribution in [0.15, 0.2) is 35.7 Å². The summed E-state index contributed by atoms with van der Waals surface area (Å²) in [4.78, 5) is 12.9. The highest BCUT2D eigenvalue weighted by Gasteiger charge is 2.19. The highest BCUT2D eigenvalue weighted by Crippen LogP contribution is 2.24.